The molecule has 9 nitrogen and oxygen atoms in total. The number of aromatic amines is 2. The molecule has 11 heteroatoms. The SMILES string of the molecule is Cn1c2nc(Cc3ccn[nH]3)sc2c2cnn(Cc3ccc4cc(Cl)[nH]c4n3)c(=O)c21. The van der Waals surface area contributed by atoms with Gasteiger partial charge in [-0.1, -0.05) is 11.6 Å². The highest BCUT2D eigenvalue weighted by atomic mass is 35.5. The minimum atomic E-state index is -0.174. The van der Waals surface area contributed by atoms with Crippen molar-refractivity contribution in [3.8, 4) is 0 Å². The summed E-state index contributed by atoms with van der Waals surface area (Å²) in [5.74, 6) is 0. The van der Waals surface area contributed by atoms with Gasteiger partial charge in [0.05, 0.1) is 23.1 Å². The molecule has 0 aliphatic rings. The predicted molar refractivity (Wildman–Crippen MR) is 120 cm³/mol. The summed E-state index contributed by atoms with van der Waals surface area (Å²) in [6, 6.07) is 7.54. The predicted octanol–water partition coefficient (Wildman–Crippen LogP) is 3.24. The zero-order chi connectivity index (χ0) is 21.1. The third kappa shape index (κ3) is 2.94. The molecule has 2 N–H and O–H groups in total. The van der Waals surface area contributed by atoms with Crippen LogP contribution in [0, 0.1) is 0 Å². The summed E-state index contributed by atoms with van der Waals surface area (Å²) in [5.41, 5.74) is 3.59. The standard InChI is InChI=1S/C20H15ClN8OS/c1-28-16-13(17-19(28)26-15(31-17)7-11-4-5-22-27-11)8-23-29(20(16)30)9-12-3-2-10-6-14(21)25-18(10)24-12/h2-6,8H,7,9H2,1H3,(H,22,27)(H,24,25). The van der Waals surface area contributed by atoms with E-state index < -0.39 is 0 Å². The summed E-state index contributed by atoms with van der Waals surface area (Å²) < 4.78 is 4.24. The molecule has 0 aliphatic carbocycles. The molecule has 0 bridgehead atoms. The maximum absolute atomic E-state index is 13.2. The van der Waals surface area contributed by atoms with Gasteiger partial charge in [0.15, 0.2) is 5.65 Å². The lowest BCUT2D eigenvalue weighted by Crippen LogP contribution is -2.25. The summed E-state index contributed by atoms with van der Waals surface area (Å²) in [4.78, 5) is 25.5. The number of pyridine rings is 1. The van der Waals surface area contributed by atoms with Crippen LogP contribution >= 0.6 is 22.9 Å². The Kier molecular flexibility index (Phi) is 3.99. The Morgan fingerprint density at radius 1 is 1.23 bits per heavy atom. The minimum absolute atomic E-state index is 0.174. The van der Waals surface area contributed by atoms with Gasteiger partial charge in [0.25, 0.3) is 5.56 Å². The Bertz CT molecular complexity index is 1640. The molecule has 0 saturated heterocycles. The van der Waals surface area contributed by atoms with Gasteiger partial charge in [-0.15, -0.1) is 11.3 Å². The summed E-state index contributed by atoms with van der Waals surface area (Å²) in [5, 5.41) is 14.6. The fourth-order valence-corrected chi connectivity index (χ4v) is 5.16. The van der Waals surface area contributed by atoms with Crippen molar-refractivity contribution in [2.45, 2.75) is 13.0 Å². The van der Waals surface area contributed by atoms with Crippen LogP contribution in [0.4, 0.5) is 0 Å². The van der Waals surface area contributed by atoms with Gasteiger partial charge in [-0.25, -0.2) is 14.6 Å². The molecule has 6 aromatic rings. The molecule has 0 saturated carbocycles. The minimum Gasteiger partial charge on any atom is -0.330 e. The van der Waals surface area contributed by atoms with Crippen LogP contribution in [0.2, 0.25) is 5.15 Å². The molecule has 154 valence electrons. The van der Waals surface area contributed by atoms with Gasteiger partial charge < -0.3 is 9.55 Å². The number of fused-ring (bicyclic) bond motifs is 4. The van der Waals surface area contributed by atoms with Gasteiger partial charge in [0.1, 0.15) is 21.3 Å². The van der Waals surface area contributed by atoms with E-state index in [4.69, 9.17) is 16.6 Å². The number of H-pyrrole nitrogens is 2. The number of hydrogen-bond acceptors (Lipinski definition) is 6. The van der Waals surface area contributed by atoms with E-state index in [1.165, 1.54) is 4.68 Å². The lowest BCUT2D eigenvalue weighted by atomic mass is 10.3. The lowest BCUT2D eigenvalue weighted by molar-refractivity contribution is 0.634. The van der Waals surface area contributed by atoms with Crippen LogP contribution in [0.1, 0.15) is 16.4 Å². The number of aromatic nitrogens is 8. The molecule has 0 fully saturated rings. The average molecular weight is 451 g/mol. The first-order valence-electron chi connectivity index (χ1n) is 9.53. The molecule has 0 spiro atoms. The molecule has 0 amide bonds. The molecule has 0 aliphatic heterocycles. The maximum atomic E-state index is 13.2. The zero-order valence-corrected chi connectivity index (χ0v) is 17.8. The number of hydrogen-bond donors (Lipinski definition) is 2. The lowest BCUT2D eigenvalue weighted by Gasteiger charge is -2.05. The molecule has 31 heavy (non-hydrogen) atoms. The van der Waals surface area contributed by atoms with Crippen molar-refractivity contribution in [3.05, 3.63) is 68.6 Å². The topological polar surface area (TPSA) is 110 Å². The van der Waals surface area contributed by atoms with E-state index in [9.17, 15) is 4.79 Å². The van der Waals surface area contributed by atoms with Gasteiger partial charge in [0.2, 0.25) is 0 Å². The highest BCUT2D eigenvalue weighted by Crippen LogP contribution is 2.31. The summed E-state index contributed by atoms with van der Waals surface area (Å²) in [7, 11) is 1.86. The normalized spacial score (nSPS) is 11.9. The van der Waals surface area contributed by atoms with Crippen LogP contribution in [-0.2, 0) is 20.0 Å². The Hall–Kier alpha value is -3.50. The van der Waals surface area contributed by atoms with Crippen molar-refractivity contribution in [1.29, 1.82) is 0 Å². The number of nitrogens with zero attached hydrogens (tertiary/aromatic N) is 6. The highest BCUT2D eigenvalue weighted by Gasteiger charge is 2.18. The van der Waals surface area contributed by atoms with Crippen molar-refractivity contribution in [1.82, 2.24) is 39.5 Å². The van der Waals surface area contributed by atoms with Crippen LogP contribution in [0.5, 0.6) is 0 Å². The molecular formula is C20H15ClN8OS. The molecule has 6 aromatic heterocycles. The molecule has 0 unspecified atom stereocenters. The van der Waals surface area contributed by atoms with E-state index in [0.29, 0.717) is 22.7 Å². The fourth-order valence-electron chi connectivity index (χ4n) is 3.82. The first-order chi connectivity index (χ1) is 15.1. The third-order valence-electron chi connectivity index (χ3n) is 5.29. The van der Waals surface area contributed by atoms with Gasteiger partial charge in [-0.3, -0.25) is 9.89 Å². The average Bonchev–Trinajstić information content (AvgIpc) is 3.51. The second-order valence-electron chi connectivity index (χ2n) is 7.31. The summed E-state index contributed by atoms with van der Waals surface area (Å²) in [6.07, 6.45) is 4.13. The van der Waals surface area contributed by atoms with Gasteiger partial charge in [0, 0.05) is 36.1 Å². The number of thiazole rings is 1. The van der Waals surface area contributed by atoms with Crippen LogP contribution in [0.3, 0.4) is 0 Å². The first kappa shape index (κ1) is 18.3. The zero-order valence-electron chi connectivity index (χ0n) is 16.3. The molecule has 6 heterocycles. The summed E-state index contributed by atoms with van der Waals surface area (Å²) in [6.45, 7) is 0.263. The van der Waals surface area contributed by atoms with Gasteiger partial charge in [-0.2, -0.15) is 10.2 Å². The largest absolute Gasteiger partial charge is 0.330 e. The molecule has 6 rings (SSSR count). The van der Waals surface area contributed by atoms with Crippen molar-refractivity contribution in [2.24, 2.45) is 7.05 Å². The third-order valence-corrected chi connectivity index (χ3v) is 6.57. The molecule has 0 radical (unpaired) electrons. The van der Waals surface area contributed by atoms with E-state index in [0.717, 1.165) is 37.5 Å². The smallest absolute Gasteiger partial charge is 0.291 e. The monoisotopic (exact) mass is 450 g/mol. The number of aryl methyl sites for hydroxylation is 1. The Morgan fingerprint density at radius 2 is 2.13 bits per heavy atom. The number of halogens is 1. The van der Waals surface area contributed by atoms with E-state index in [2.05, 4.69) is 25.3 Å². The van der Waals surface area contributed by atoms with Crippen molar-refractivity contribution < 1.29 is 0 Å². The van der Waals surface area contributed by atoms with Gasteiger partial charge >= 0.3 is 0 Å². The molecule has 0 aromatic carbocycles. The second-order valence-corrected chi connectivity index (χ2v) is 8.80. The van der Waals surface area contributed by atoms with Crippen LogP contribution in [-0.4, -0.2) is 39.5 Å². The van der Waals surface area contributed by atoms with Crippen LogP contribution in [0.25, 0.3) is 32.3 Å². The Labute approximate surface area is 183 Å². The van der Waals surface area contributed by atoms with E-state index >= 15 is 0 Å². The Balaban J connectivity index is 1.41. The fraction of sp³-hybridized carbons (Fsp3) is 0.150. The van der Waals surface area contributed by atoms with E-state index in [-0.39, 0.29) is 12.1 Å². The van der Waals surface area contributed by atoms with Gasteiger partial charge in [-0.05, 0) is 24.3 Å². The second kappa shape index (κ2) is 6.76. The number of nitrogens with one attached hydrogen (secondary N) is 2. The van der Waals surface area contributed by atoms with E-state index in [1.54, 1.807) is 23.7 Å². The van der Waals surface area contributed by atoms with Crippen LogP contribution in [0.15, 0.2) is 41.5 Å². The maximum Gasteiger partial charge on any atom is 0.291 e. The van der Waals surface area contributed by atoms with E-state index in [1.807, 2.05) is 35.9 Å². The Morgan fingerprint density at radius 3 is 2.97 bits per heavy atom. The van der Waals surface area contributed by atoms with Crippen LogP contribution < -0.4 is 5.56 Å². The first-order valence-corrected chi connectivity index (χ1v) is 10.7. The summed E-state index contributed by atoms with van der Waals surface area (Å²) >= 11 is 7.58. The number of rotatable bonds is 4. The molecule has 0 atom stereocenters. The molecular weight excluding hydrogens is 436 g/mol. The van der Waals surface area contributed by atoms with Crippen molar-refractivity contribution in [2.75, 3.05) is 0 Å². The quantitative estimate of drug-likeness (QED) is 0.428. The highest BCUT2D eigenvalue weighted by molar-refractivity contribution is 7.19. The van der Waals surface area contributed by atoms with Crippen molar-refractivity contribution in [3.63, 3.8) is 0 Å². The van der Waals surface area contributed by atoms with Crippen molar-refractivity contribution >= 4 is 55.2 Å².